The van der Waals surface area contributed by atoms with E-state index in [0.29, 0.717) is 74.1 Å². The number of carbonyl (C=O) groups is 3. The molecule has 0 aromatic heterocycles. The molecule has 1 atom stereocenters. The summed E-state index contributed by atoms with van der Waals surface area (Å²) in [5, 5.41) is 11.9. The first-order valence-electron chi connectivity index (χ1n) is 14.4. The third-order valence-electron chi connectivity index (χ3n) is 7.70. The van der Waals surface area contributed by atoms with Gasteiger partial charge in [0.05, 0.1) is 17.0 Å². The molecule has 2 heterocycles. The van der Waals surface area contributed by atoms with E-state index in [1.165, 1.54) is 0 Å². The first-order valence-corrected chi connectivity index (χ1v) is 15.2. The summed E-state index contributed by atoms with van der Waals surface area (Å²) < 4.78 is 85.9. The Hall–Kier alpha value is -3.42. The number of allylic oxidation sites excluding steroid dienone is 3. The number of carboxylic acids is 1. The molecule has 1 unspecified atom stereocenters. The number of rotatable bonds is 10. The van der Waals surface area contributed by atoms with Gasteiger partial charge in [-0.3, -0.25) is 14.4 Å². The van der Waals surface area contributed by atoms with Crippen molar-refractivity contribution in [3.8, 4) is 0 Å². The minimum atomic E-state index is -5.38. The summed E-state index contributed by atoms with van der Waals surface area (Å²) in [6, 6.07) is 1.90. The van der Waals surface area contributed by atoms with E-state index in [-0.39, 0.29) is 25.4 Å². The molecule has 0 saturated carbocycles. The van der Waals surface area contributed by atoms with Gasteiger partial charge in [-0.25, -0.2) is 0 Å². The van der Waals surface area contributed by atoms with Gasteiger partial charge < -0.3 is 20.2 Å². The predicted octanol–water partition coefficient (Wildman–Crippen LogP) is 6.32. The molecule has 1 aromatic carbocycles. The van der Waals surface area contributed by atoms with Crippen molar-refractivity contribution in [2.75, 3.05) is 32.7 Å². The van der Waals surface area contributed by atoms with E-state index in [0.717, 1.165) is 30.7 Å². The molecular formula is C30H33F6N3O4S. The molecule has 240 valence electrons. The Labute approximate surface area is 255 Å². The summed E-state index contributed by atoms with van der Waals surface area (Å²) >= 11 is 0.605. The van der Waals surface area contributed by atoms with Crippen molar-refractivity contribution in [1.29, 1.82) is 0 Å². The van der Waals surface area contributed by atoms with Gasteiger partial charge in [0.25, 0.3) is 0 Å². The Bertz CT molecular complexity index is 1360. The average Bonchev–Trinajstić information content (AvgIpc) is 3.37. The van der Waals surface area contributed by atoms with E-state index in [1.807, 2.05) is 0 Å². The van der Waals surface area contributed by atoms with Crippen molar-refractivity contribution in [1.82, 2.24) is 15.1 Å². The maximum atomic E-state index is 14.4. The van der Waals surface area contributed by atoms with Crippen LogP contribution in [0.2, 0.25) is 0 Å². The zero-order valence-corrected chi connectivity index (χ0v) is 24.6. The van der Waals surface area contributed by atoms with E-state index >= 15 is 0 Å². The third kappa shape index (κ3) is 8.39. The number of nitrogens with zero attached hydrogens (tertiary/aromatic N) is 2. The van der Waals surface area contributed by atoms with Gasteiger partial charge in [0, 0.05) is 60.7 Å². The van der Waals surface area contributed by atoms with Crippen molar-refractivity contribution >= 4 is 35.6 Å². The molecule has 2 aliphatic heterocycles. The highest BCUT2D eigenvalue weighted by molar-refractivity contribution is 8.03. The highest BCUT2D eigenvalue weighted by Gasteiger charge is 2.46. The number of aliphatic carboxylic acids is 1. The van der Waals surface area contributed by atoms with Gasteiger partial charge in [0.15, 0.2) is 0 Å². The monoisotopic (exact) mass is 645 g/mol. The Balaban J connectivity index is 1.59. The van der Waals surface area contributed by atoms with Crippen LogP contribution >= 0.6 is 11.8 Å². The van der Waals surface area contributed by atoms with Gasteiger partial charge in [-0.15, -0.1) is 0 Å². The molecule has 2 fully saturated rings. The Kier molecular flexibility index (Phi) is 10.7. The SMILES string of the molecule is O=C(/C=C/c1ccc(SC2=C(N3CCCC(C(=O)O)C3)C=CCC2)c(C(F)(F)F)c1C(F)(F)F)NCCCN1CCCC1=O. The number of thioether (sulfide) groups is 1. The standard InChI is InChI=1S/C30H33F6N3O4S/c31-29(32,33)26-19(11-13-24(40)37-14-5-17-38-15-4-9-25(38)41)10-12-23(27(26)30(34,35)36)44-22-8-2-1-7-21(22)39-16-3-6-20(18-39)28(42)43/h1,7,10-13,20H,2-6,8-9,14-18H2,(H,37,40)(H,42,43)/b13-11+. The highest BCUT2D eigenvalue weighted by atomic mass is 32.2. The maximum Gasteiger partial charge on any atom is 0.418 e. The van der Waals surface area contributed by atoms with Crippen LogP contribution in [0, 0.1) is 5.92 Å². The first kappa shape index (κ1) is 33.5. The predicted molar refractivity (Wildman–Crippen MR) is 152 cm³/mol. The van der Waals surface area contributed by atoms with E-state index in [9.17, 15) is 45.8 Å². The molecule has 44 heavy (non-hydrogen) atoms. The number of likely N-dealkylation sites (tertiary alicyclic amines) is 2. The average molecular weight is 646 g/mol. The Morgan fingerprint density at radius 3 is 2.45 bits per heavy atom. The van der Waals surface area contributed by atoms with Crippen LogP contribution in [0.15, 0.2) is 45.9 Å². The summed E-state index contributed by atoms with van der Waals surface area (Å²) in [5.41, 5.74) is -4.01. The molecule has 3 aliphatic rings. The summed E-state index contributed by atoms with van der Waals surface area (Å²) in [5.74, 6) is -2.39. The number of halogens is 6. The summed E-state index contributed by atoms with van der Waals surface area (Å²) in [6.45, 7) is 1.82. The molecule has 4 rings (SSSR count). The van der Waals surface area contributed by atoms with Crippen LogP contribution in [0.25, 0.3) is 6.08 Å². The molecule has 1 aliphatic carbocycles. The van der Waals surface area contributed by atoms with Crippen molar-refractivity contribution in [3.05, 3.63) is 57.7 Å². The van der Waals surface area contributed by atoms with Gasteiger partial charge in [0.2, 0.25) is 11.8 Å². The number of amides is 2. The van der Waals surface area contributed by atoms with Crippen LogP contribution in [-0.4, -0.2) is 65.4 Å². The highest BCUT2D eigenvalue weighted by Crippen LogP contribution is 2.49. The Morgan fingerprint density at radius 2 is 1.80 bits per heavy atom. The zero-order chi connectivity index (χ0) is 32.1. The topological polar surface area (TPSA) is 89.9 Å². The van der Waals surface area contributed by atoms with Crippen LogP contribution in [0.4, 0.5) is 26.3 Å². The van der Waals surface area contributed by atoms with Crippen LogP contribution < -0.4 is 5.32 Å². The Morgan fingerprint density at radius 1 is 1.05 bits per heavy atom. The van der Waals surface area contributed by atoms with Crippen LogP contribution in [0.3, 0.4) is 0 Å². The smallest absolute Gasteiger partial charge is 0.418 e. The number of carbonyl (C=O) groups excluding carboxylic acids is 2. The number of benzene rings is 1. The van der Waals surface area contributed by atoms with Crippen LogP contribution in [0.1, 0.15) is 61.6 Å². The largest absolute Gasteiger partial charge is 0.481 e. The summed E-state index contributed by atoms with van der Waals surface area (Å²) in [4.78, 5) is 38.7. The quantitative estimate of drug-likeness (QED) is 0.176. The number of hydrogen-bond donors (Lipinski definition) is 2. The number of alkyl halides is 6. The van der Waals surface area contributed by atoms with Gasteiger partial charge in [-0.1, -0.05) is 23.9 Å². The molecule has 1 aromatic rings. The molecule has 7 nitrogen and oxygen atoms in total. The fourth-order valence-corrected chi connectivity index (χ4v) is 6.85. The summed E-state index contributed by atoms with van der Waals surface area (Å²) in [7, 11) is 0. The maximum absolute atomic E-state index is 14.4. The van der Waals surface area contributed by atoms with Crippen molar-refractivity contribution in [2.24, 2.45) is 5.92 Å². The van der Waals surface area contributed by atoms with Gasteiger partial charge in [0.1, 0.15) is 0 Å². The molecule has 14 heteroatoms. The first-order chi connectivity index (χ1) is 20.8. The third-order valence-corrected chi connectivity index (χ3v) is 8.92. The van der Waals surface area contributed by atoms with E-state index in [2.05, 4.69) is 5.32 Å². The number of hydrogen-bond acceptors (Lipinski definition) is 5. The van der Waals surface area contributed by atoms with Gasteiger partial charge in [-0.05, 0) is 62.3 Å². The lowest BCUT2D eigenvalue weighted by Crippen LogP contribution is -2.38. The summed E-state index contributed by atoms with van der Waals surface area (Å²) in [6.07, 6.45) is -2.34. The van der Waals surface area contributed by atoms with Crippen molar-refractivity contribution in [2.45, 2.75) is 62.2 Å². The second kappa shape index (κ2) is 14.1. The van der Waals surface area contributed by atoms with Crippen molar-refractivity contribution in [3.63, 3.8) is 0 Å². The lowest BCUT2D eigenvalue weighted by molar-refractivity contribution is -0.163. The zero-order valence-electron chi connectivity index (χ0n) is 23.8. The second-order valence-corrected chi connectivity index (χ2v) is 12.0. The van der Waals surface area contributed by atoms with Gasteiger partial charge in [-0.2, -0.15) is 26.3 Å². The molecule has 0 bridgehead atoms. The minimum absolute atomic E-state index is 0.0174. The lowest BCUT2D eigenvalue weighted by Gasteiger charge is -2.35. The molecular weight excluding hydrogens is 612 g/mol. The van der Waals surface area contributed by atoms with Gasteiger partial charge >= 0.3 is 18.3 Å². The molecule has 2 saturated heterocycles. The van der Waals surface area contributed by atoms with E-state index in [1.54, 1.807) is 22.0 Å². The van der Waals surface area contributed by atoms with E-state index in [4.69, 9.17) is 0 Å². The fourth-order valence-electron chi connectivity index (χ4n) is 5.60. The lowest BCUT2D eigenvalue weighted by atomic mass is 9.97. The minimum Gasteiger partial charge on any atom is -0.481 e. The molecule has 2 N–H and O–H groups in total. The molecule has 0 radical (unpaired) electrons. The normalized spacial score (nSPS) is 19.8. The number of carboxylic acid groups (broad SMARTS) is 1. The number of piperidine rings is 1. The van der Waals surface area contributed by atoms with Crippen LogP contribution in [-0.2, 0) is 26.7 Å². The second-order valence-electron chi connectivity index (χ2n) is 10.8. The van der Waals surface area contributed by atoms with E-state index < -0.39 is 51.7 Å². The van der Waals surface area contributed by atoms with Crippen molar-refractivity contribution < 1.29 is 45.8 Å². The molecule has 0 spiro atoms. The fraction of sp³-hybridized carbons (Fsp3) is 0.500. The van der Waals surface area contributed by atoms with Crippen LogP contribution in [0.5, 0.6) is 0 Å². The molecule has 2 amide bonds. The number of nitrogens with one attached hydrogen (secondary N) is 1.